The van der Waals surface area contributed by atoms with Gasteiger partial charge >= 0.3 is 0 Å². The Hall–Kier alpha value is -0.800. The zero-order chi connectivity index (χ0) is 10.8. The molecule has 0 spiro atoms. The van der Waals surface area contributed by atoms with Crippen molar-refractivity contribution >= 4 is 17.4 Å². The number of nitrogens with one attached hydrogen (secondary N) is 1. The van der Waals surface area contributed by atoms with Gasteiger partial charge in [0.25, 0.3) is 0 Å². The molecule has 3 nitrogen and oxygen atoms in total. The molecule has 2 rings (SSSR count). The number of hydrogen-bond acceptors (Lipinski definition) is 3. The van der Waals surface area contributed by atoms with Crippen molar-refractivity contribution < 1.29 is 0 Å². The maximum atomic E-state index is 5.89. The van der Waals surface area contributed by atoms with Crippen LogP contribution in [-0.2, 0) is 0 Å². The molecule has 1 saturated heterocycles. The van der Waals surface area contributed by atoms with E-state index in [0.717, 1.165) is 18.9 Å². The number of nitrogens with zero attached hydrogens (tertiary/aromatic N) is 2. The number of hydrogen-bond donors (Lipinski definition) is 1. The van der Waals surface area contributed by atoms with Gasteiger partial charge in [-0.1, -0.05) is 17.7 Å². The zero-order valence-electron chi connectivity index (χ0n) is 9.07. The average molecular weight is 226 g/mol. The molecule has 0 amide bonds. The first-order valence-electron chi connectivity index (χ1n) is 5.31. The van der Waals surface area contributed by atoms with Gasteiger partial charge in [0.1, 0.15) is 11.0 Å². The second kappa shape index (κ2) is 4.37. The molecule has 2 heterocycles. The summed E-state index contributed by atoms with van der Waals surface area (Å²) in [6, 6.07) is 6.70. The van der Waals surface area contributed by atoms with Gasteiger partial charge in [0, 0.05) is 25.2 Å². The van der Waals surface area contributed by atoms with Gasteiger partial charge in [-0.3, -0.25) is 0 Å². The summed E-state index contributed by atoms with van der Waals surface area (Å²) < 4.78 is 0. The molecule has 0 saturated carbocycles. The highest BCUT2D eigenvalue weighted by atomic mass is 35.5. The van der Waals surface area contributed by atoms with Crippen molar-refractivity contribution in [2.45, 2.75) is 25.9 Å². The largest absolute Gasteiger partial charge is 0.351 e. The number of anilines is 1. The first kappa shape index (κ1) is 10.7. The first-order chi connectivity index (χ1) is 7.18. The fourth-order valence-electron chi connectivity index (χ4n) is 1.94. The maximum absolute atomic E-state index is 5.89. The lowest BCUT2D eigenvalue weighted by atomic mass is 10.1. The SMILES string of the molecule is CC1NCCN(c2cccc(Cl)n2)C1C. The fourth-order valence-corrected chi connectivity index (χ4v) is 2.10. The van der Waals surface area contributed by atoms with Crippen LogP contribution in [0.5, 0.6) is 0 Å². The normalized spacial score (nSPS) is 26.7. The Morgan fingerprint density at radius 3 is 3.00 bits per heavy atom. The summed E-state index contributed by atoms with van der Waals surface area (Å²) in [4.78, 5) is 6.64. The van der Waals surface area contributed by atoms with Crippen molar-refractivity contribution in [3.8, 4) is 0 Å². The summed E-state index contributed by atoms with van der Waals surface area (Å²) in [7, 11) is 0. The Labute approximate surface area is 95.4 Å². The van der Waals surface area contributed by atoms with E-state index in [-0.39, 0.29) is 0 Å². The van der Waals surface area contributed by atoms with E-state index < -0.39 is 0 Å². The number of pyridine rings is 1. The fraction of sp³-hybridized carbons (Fsp3) is 0.545. The van der Waals surface area contributed by atoms with E-state index in [9.17, 15) is 0 Å². The molecule has 1 N–H and O–H groups in total. The van der Waals surface area contributed by atoms with Crippen LogP contribution in [0.2, 0.25) is 5.15 Å². The molecule has 1 aromatic rings. The van der Waals surface area contributed by atoms with Crippen LogP contribution in [0.15, 0.2) is 18.2 Å². The van der Waals surface area contributed by atoms with Gasteiger partial charge in [0.05, 0.1) is 0 Å². The Kier molecular flexibility index (Phi) is 3.12. The summed E-state index contributed by atoms with van der Waals surface area (Å²) in [5, 5.41) is 4.00. The second-order valence-corrected chi connectivity index (χ2v) is 4.38. The third-order valence-electron chi connectivity index (χ3n) is 3.03. The van der Waals surface area contributed by atoms with Crippen molar-refractivity contribution in [3.63, 3.8) is 0 Å². The summed E-state index contributed by atoms with van der Waals surface area (Å²) in [5.74, 6) is 0.975. The second-order valence-electron chi connectivity index (χ2n) is 4.00. The van der Waals surface area contributed by atoms with Crippen LogP contribution >= 0.6 is 11.6 Å². The van der Waals surface area contributed by atoms with Crippen molar-refractivity contribution in [2.75, 3.05) is 18.0 Å². The standard InChI is InChI=1S/C11H16ClN3/c1-8-9(2)15(7-6-13-8)11-5-3-4-10(12)14-11/h3-5,8-9,13H,6-7H2,1-2H3. The van der Waals surface area contributed by atoms with Gasteiger partial charge in [-0.15, -0.1) is 0 Å². The lowest BCUT2D eigenvalue weighted by Crippen LogP contribution is -2.55. The molecule has 0 bridgehead atoms. The Morgan fingerprint density at radius 1 is 1.47 bits per heavy atom. The molecule has 2 unspecified atom stereocenters. The van der Waals surface area contributed by atoms with E-state index in [1.54, 1.807) is 6.07 Å². The molecule has 0 radical (unpaired) electrons. The highest BCUT2D eigenvalue weighted by molar-refractivity contribution is 6.29. The minimum Gasteiger partial charge on any atom is -0.351 e. The maximum Gasteiger partial charge on any atom is 0.131 e. The van der Waals surface area contributed by atoms with Crippen molar-refractivity contribution in [1.82, 2.24) is 10.3 Å². The molecule has 0 aliphatic carbocycles. The molecule has 15 heavy (non-hydrogen) atoms. The third-order valence-corrected chi connectivity index (χ3v) is 3.24. The van der Waals surface area contributed by atoms with Crippen molar-refractivity contribution in [2.24, 2.45) is 0 Å². The highest BCUT2D eigenvalue weighted by Crippen LogP contribution is 2.19. The van der Waals surface area contributed by atoms with Gasteiger partial charge in [0.2, 0.25) is 0 Å². The zero-order valence-corrected chi connectivity index (χ0v) is 9.83. The minimum atomic E-state index is 0.449. The molecule has 1 aromatic heterocycles. The van der Waals surface area contributed by atoms with Gasteiger partial charge < -0.3 is 10.2 Å². The van der Waals surface area contributed by atoms with E-state index in [0.29, 0.717) is 17.2 Å². The van der Waals surface area contributed by atoms with Crippen LogP contribution in [0.3, 0.4) is 0 Å². The summed E-state index contributed by atoms with van der Waals surface area (Å²) >= 11 is 5.89. The summed E-state index contributed by atoms with van der Waals surface area (Å²) in [6.45, 7) is 6.39. The lowest BCUT2D eigenvalue weighted by molar-refractivity contribution is 0.402. The van der Waals surface area contributed by atoms with Crippen LogP contribution < -0.4 is 10.2 Å². The number of halogens is 1. The summed E-state index contributed by atoms with van der Waals surface area (Å²) in [5.41, 5.74) is 0. The highest BCUT2D eigenvalue weighted by Gasteiger charge is 2.24. The van der Waals surface area contributed by atoms with E-state index >= 15 is 0 Å². The molecule has 2 atom stereocenters. The number of aromatic nitrogens is 1. The average Bonchev–Trinajstić information content (AvgIpc) is 2.22. The molecule has 0 aromatic carbocycles. The van der Waals surface area contributed by atoms with Crippen LogP contribution in [0.25, 0.3) is 0 Å². The molecular weight excluding hydrogens is 210 g/mol. The molecule has 1 aliphatic heterocycles. The van der Waals surface area contributed by atoms with E-state index in [1.165, 1.54) is 0 Å². The first-order valence-corrected chi connectivity index (χ1v) is 5.69. The molecule has 1 fully saturated rings. The predicted octanol–water partition coefficient (Wildman–Crippen LogP) is 1.92. The Bertz CT molecular complexity index is 342. The van der Waals surface area contributed by atoms with Crippen molar-refractivity contribution in [1.29, 1.82) is 0 Å². The van der Waals surface area contributed by atoms with Gasteiger partial charge in [-0.05, 0) is 26.0 Å². The predicted molar refractivity (Wildman–Crippen MR) is 63.5 cm³/mol. The van der Waals surface area contributed by atoms with Gasteiger partial charge in [0.15, 0.2) is 0 Å². The van der Waals surface area contributed by atoms with E-state index in [4.69, 9.17) is 11.6 Å². The van der Waals surface area contributed by atoms with E-state index in [1.807, 2.05) is 12.1 Å². The van der Waals surface area contributed by atoms with Gasteiger partial charge in [-0.25, -0.2) is 4.98 Å². The quantitative estimate of drug-likeness (QED) is 0.741. The number of piperazine rings is 1. The topological polar surface area (TPSA) is 28.2 Å². The minimum absolute atomic E-state index is 0.449. The van der Waals surface area contributed by atoms with Crippen molar-refractivity contribution in [3.05, 3.63) is 23.4 Å². The smallest absolute Gasteiger partial charge is 0.131 e. The monoisotopic (exact) mass is 225 g/mol. The number of rotatable bonds is 1. The van der Waals surface area contributed by atoms with Crippen LogP contribution in [-0.4, -0.2) is 30.2 Å². The Balaban J connectivity index is 2.22. The third kappa shape index (κ3) is 2.24. The van der Waals surface area contributed by atoms with E-state index in [2.05, 4.69) is 29.0 Å². The molecular formula is C11H16ClN3. The lowest BCUT2D eigenvalue weighted by Gasteiger charge is -2.39. The summed E-state index contributed by atoms with van der Waals surface area (Å²) in [6.07, 6.45) is 0. The molecule has 4 heteroatoms. The molecule has 1 aliphatic rings. The van der Waals surface area contributed by atoms with Crippen LogP contribution in [0.1, 0.15) is 13.8 Å². The van der Waals surface area contributed by atoms with Crippen LogP contribution in [0.4, 0.5) is 5.82 Å². The molecule has 82 valence electrons. The van der Waals surface area contributed by atoms with Crippen LogP contribution in [0, 0.1) is 0 Å². The van der Waals surface area contributed by atoms with Gasteiger partial charge in [-0.2, -0.15) is 0 Å². The Morgan fingerprint density at radius 2 is 2.27 bits per heavy atom.